The van der Waals surface area contributed by atoms with Crippen LogP contribution in [0.1, 0.15) is 43.2 Å². The van der Waals surface area contributed by atoms with Gasteiger partial charge in [0.25, 0.3) is 0 Å². The minimum absolute atomic E-state index is 0.404. The summed E-state index contributed by atoms with van der Waals surface area (Å²) in [6.07, 6.45) is 4.34. The second-order valence-electron chi connectivity index (χ2n) is 4.79. The van der Waals surface area contributed by atoms with Crippen LogP contribution in [0, 0.1) is 22.7 Å². The first-order valence-electron chi connectivity index (χ1n) is 7.02. The van der Waals surface area contributed by atoms with Gasteiger partial charge in [0.05, 0.1) is 11.1 Å². The van der Waals surface area contributed by atoms with Gasteiger partial charge in [-0.1, -0.05) is 19.3 Å². The molecule has 1 aromatic rings. The SMILES string of the molecule is N#Cc1ccc(SCCCCCCC(Cl)C(=O)O)cc1C#N. The molecule has 1 atom stereocenters. The predicted octanol–water partition coefficient (Wildman–Crippen LogP) is 4.16. The lowest BCUT2D eigenvalue weighted by Crippen LogP contribution is -2.12. The third kappa shape index (κ3) is 6.39. The number of hydrogen-bond donors (Lipinski definition) is 1. The molecule has 4 nitrogen and oxygen atoms in total. The van der Waals surface area contributed by atoms with Gasteiger partial charge >= 0.3 is 5.97 Å². The standard InChI is InChI=1S/C16H17ClN2O2S/c17-15(16(20)21)5-3-1-2-4-8-22-14-7-6-12(10-18)13(9-14)11-19/h6-7,9,15H,1-5,8H2,(H,20,21). The molecule has 0 saturated carbocycles. The Morgan fingerprint density at radius 2 is 1.86 bits per heavy atom. The van der Waals surface area contributed by atoms with Gasteiger partial charge in [-0.25, -0.2) is 0 Å². The molecule has 116 valence electrons. The van der Waals surface area contributed by atoms with Gasteiger partial charge < -0.3 is 5.11 Å². The van der Waals surface area contributed by atoms with Crippen molar-refractivity contribution in [3.8, 4) is 12.1 Å². The van der Waals surface area contributed by atoms with E-state index < -0.39 is 11.3 Å². The van der Waals surface area contributed by atoms with Crippen molar-refractivity contribution < 1.29 is 9.90 Å². The van der Waals surface area contributed by atoms with E-state index in [0.29, 0.717) is 17.5 Å². The van der Waals surface area contributed by atoms with Crippen LogP contribution in [-0.2, 0) is 4.79 Å². The minimum atomic E-state index is -0.952. The molecule has 0 amide bonds. The number of thioether (sulfide) groups is 1. The second kappa shape index (κ2) is 10.1. The average molecular weight is 337 g/mol. The molecule has 0 bridgehead atoms. The largest absolute Gasteiger partial charge is 0.480 e. The van der Waals surface area contributed by atoms with Gasteiger partial charge in [0.1, 0.15) is 17.5 Å². The Balaban J connectivity index is 2.22. The number of carboxylic acid groups (broad SMARTS) is 1. The summed E-state index contributed by atoms with van der Waals surface area (Å²) in [5, 5.41) is 25.7. The van der Waals surface area contributed by atoms with E-state index in [1.54, 1.807) is 23.9 Å². The smallest absolute Gasteiger partial charge is 0.321 e. The third-order valence-corrected chi connectivity index (χ3v) is 4.61. The Kier molecular flexibility index (Phi) is 8.43. The van der Waals surface area contributed by atoms with Crippen molar-refractivity contribution in [1.82, 2.24) is 0 Å². The second-order valence-corrected chi connectivity index (χ2v) is 6.48. The first-order chi connectivity index (χ1) is 10.6. The van der Waals surface area contributed by atoms with Crippen LogP contribution in [0.2, 0.25) is 0 Å². The topological polar surface area (TPSA) is 84.9 Å². The number of halogens is 1. The van der Waals surface area contributed by atoms with E-state index in [4.69, 9.17) is 27.2 Å². The van der Waals surface area contributed by atoms with Crippen molar-refractivity contribution >= 4 is 29.3 Å². The zero-order chi connectivity index (χ0) is 16.4. The number of rotatable bonds is 9. The molecule has 1 unspecified atom stereocenters. The van der Waals surface area contributed by atoms with Crippen LogP contribution < -0.4 is 0 Å². The molecule has 0 heterocycles. The van der Waals surface area contributed by atoms with Gasteiger partial charge in [0, 0.05) is 4.90 Å². The summed E-state index contributed by atoms with van der Waals surface area (Å²) in [4.78, 5) is 11.5. The Morgan fingerprint density at radius 1 is 1.18 bits per heavy atom. The fourth-order valence-electron chi connectivity index (χ4n) is 1.90. The summed E-state index contributed by atoms with van der Waals surface area (Å²) in [5.74, 6) is -0.0219. The van der Waals surface area contributed by atoms with Crippen molar-refractivity contribution in [2.24, 2.45) is 0 Å². The van der Waals surface area contributed by atoms with Gasteiger partial charge in [0.15, 0.2) is 0 Å². The number of carbonyl (C=O) groups is 1. The Morgan fingerprint density at radius 3 is 2.50 bits per heavy atom. The van der Waals surface area contributed by atoms with Crippen molar-refractivity contribution in [2.75, 3.05) is 5.75 Å². The third-order valence-electron chi connectivity index (χ3n) is 3.12. The molecule has 0 spiro atoms. The Labute approximate surface area is 139 Å². The Hall–Kier alpha value is -1.69. The van der Waals surface area contributed by atoms with E-state index in [-0.39, 0.29) is 0 Å². The van der Waals surface area contributed by atoms with Crippen molar-refractivity contribution in [1.29, 1.82) is 10.5 Å². The summed E-state index contributed by atoms with van der Waals surface area (Å²) in [6.45, 7) is 0. The first-order valence-corrected chi connectivity index (χ1v) is 8.44. The molecule has 6 heteroatoms. The zero-order valence-electron chi connectivity index (χ0n) is 12.1. The summed E-state index contributed by atoms with van der Waals surface area (Å²) >= 11 is 7.29. The lowest BCUT2D eigenvalue weighted by atomic mass is 10.1. The number of benzene rings is 1. The van der Waals surface area contributed by atoms with Crippen LogP contribution in [-0.4, -0.2) is 22.2 Å². The fraction of sp³-hybridized carbons (Fsp3) is 0.438. The highest BCUT2D eigenvalue weighted by molar-refractivity contribution is 7.99. The van der Waals surface area contributed by atoms with Gasteiger partial charge in [0.2, 0.25) is 0 Å². The number of aliphatic carboxylic acids is 1. The lowest BCUT2D eigenvalue weighted by molar-refractivity contribution is -0.136. The van der Waals surface area contributed by atoms with Crippen LogP contribution in [0.15, 0.2) is 23.1 Å². The van der Waals surface area contributed by atoms with Crippen LogP contribution in [0.4, 0.5) is 0 Å². The maximum absolute atomic E-state index is 10.5. The van der Waals surface area contributed by atoms with Gasteiger partial charge in [-0.15, -0.1) is 23.4 Å². The van der Waals surface area contributed by atoms with Crippen LogP contribution in [0.3, 0.4) is 0 Å². The summed E-state index contributed by atoms with van der Waals surface area (Å²) in [7, 11) is 0. The average Bonchev–Trinajstić information content (AvgIpc) is 2.53. The van der Waals surface area contributed by atoms with Gasteiger partial charge in [-0.2, -0.15) is 10.5 Å². The molecule has 1 N–H and O–H groups in total. The van der Waals surface area contributed by atoms with Crippen molar-refractivity contribution in [3.63, 3.8) is 0 Å². The maximum atomic E-state index is 10.5. The van der Waals surface area contributed by atoms with Crippen LogP contribution >= 0.6 is 23.4 Å². The summed E-state index contributed by atoms with van der Waals surface area (Å²) in [6, 6.07) is 9.30. The molecular weight excluding hydrogens is 320 g/mol. The fourth-order valence-corrected chi connectivity index (χ4v) is 3.00. The Bertz CT molecular complexity index is 593. The number of carboxylic acids is 1. The molecule has 0 saturated heterocycles. The van der Waals surface area contributed by atoms with E-state index in [0.717, 1.165) is 36.3 Å². The van der Waals surface area contributed by atoms with Gasteiger partial charge in [-0.3, -0.25) is 4.79 Å². The summed E-state index contributed by atoms with van der Waals surface area (Å²) in [5.41, 5.74) is 0.815. The molecule has 1 aromatic carbocycles. The van der Waals surface area contributed by atoms with E-state index in [9.17, 15) is 4.79 Å². The molecule has 1 rings (SSSR count). The normalized spacial score (nSPS) is 11.4. The van der Waals surface area contributed by atoms with E-state index in [2.05, 4.69) is 0 Å². The predicted molar refractivity (Wildman–Crippen MR) is 87.0 cm³/mol. The van der Waals surface area contributed by atoms with E-state index in [1.165, 1.54) is 0 Å². The first kappa shape index (κ1) is 18.4. The highest BCUT2D eigenvalue weighted by Gasteiger charge is 2.12. The number of alkyl halides is 1. The molecule has 0 aliphatic heterocycles. The maximum Gasteiger partial charge on any atom is 0.321 e. The zero-order valence-corrected chi connectivity index (χ0v) is 13.7. The molecule has 0 aliphatic carbocycles. The molecular formula is C16H17ClN2O2S. The van der Waals surface area contributed by atoms with Crippen molar-refractivity contribution in [2.45, 2.75) is 42.4 Å². The highest BCUT2D eigenvalue weighted by Crippen LogP contribution is 2.23. The van der Waals surface area contributed by atoms with Crippen LogP contribution in [0.5, 0.6) is 0 Å². The number of hydrogen-bond acceptors (Lipinski definition) is 4. The monoisotopic (exact) mass is 336 g/mol. The molecule has 0 aliphatic rings. The molecule has 0 fully saturated rings. The lowest BCUT2D eigenvalue weighted by Gasteiger charge is -2.05. The highest BCUT2D eigenvalue weighted by atomic mass is 35.5. The minimum Gasteiger partial charge on any atom is -0.480 e. The number of nitriles is 2. The van der Waals surface area contributed by atoms with Crippen LogP contribution in [0.25, 0.3) is 0 Å². The van der Waals surface area contributed by atoms with E-state index in [1.807, 2.05) is 18.2 Å². The van der Waals surface area contributed by atoms with Crippen molar-refractivity contribution in [3.05, 3.63) is 29.3 Å². The van der Waals surface area contributed by atoms with E-state index >= 15 is 0 Å². The number of unbranched alkanes of at least 4 members (excludes halogenated alkanes) is 3. The molecule has 22 heavy (non-hydrogen) atoms. The molecule has 0 aromatic heterocycles. The molecule has 0 radical (unpaired) electrons. The quantitative estimate of drug-likeness (QED) is 0.415. The van der Waals surface area contributed by atoms with Gasteiger partial charge in [-0.05, 0) is 36.8 Å². The number of nitrogens with zero attached hydrogens (tertiary/aromatic N) is 2. The summed E-state index contributed by atoms with van der Waals surface area (Å²) < 4.78 is 0.